The maximum Gasteiger partial charge on any atom is 0.433 e. The molecular weight excluding hydrogens is 379 g/mol. The van der Waals surface area contributed by atoms with Crippen molar-refractivity contribution < 1.29 is 17.9 Å². The summed E-state index contributed by atoms with van der Waals surface area (Å²) in [5.41, 5.74) is 2.36. The Labute approximate surface area is 169 Å². The molecule has 0 aromatic carbocycles. The lowest BCUT2D eigenvalue weighted by atomic mass is 9.55. The summed E-state index contributed by atoms with van der Waals surface area (Å²) in [6.07, 6.45) is 4.40. The molecule has 4 nitrogen and oxygen atoms in total. The zero-order valence-electron chi connectivity index (χ0n) is 16.9. The van der Waals surface area contributed by atoms with Gasteiger partial charge in [-0.2, -0.15) is 13.2 Å². The Kier molecular flexibility index (Phi) is 6.15. The van der Waals surface area contributed by atoms with E-state index in [0.29, 0.717) is 5.92 Å². The lowest BCUT2D eigenvalue weighted by Crippen LogP contribution is -2.62. The van der Waals surface area contributed by atoms with Gasteiger partial charge < -0.3 is 9.64 Å². The van der Waals surface area contributed by atoms with Crippen LogP contribution in [0.3, 0.4) is 0 Å². The van der Waals surface area contributed by atoms with Crippen molar-refractivity contribution in [2.75, 3.05) is 25.1 Å². The van der Waals surface area contributed by atoms with Crippen molar-refractivity contribution in [3.05, 3.63) is 60.4 Å². The molecule has 7 heteroatoms. The molecule has 0 bridgehead atoms. The van der Waals surface area contributed by atoms with E-state index in [1.54, 1.807) is 19.6 Å². The first-order valence-electron chi connectivity index (χ1n) is 9.82. The summed E-state index contributed by atoms with van der Waals surface area (Å²) in [5, 5.41) is 0. The predicted molar refractivity (Wildman–Crippen MR) is 107 cm³/mol. The third kappa shape index (κ3) is 4.38. The van der Waals surface area contributed by atoms with E-state index < -0.39 is 11.9 Å². The summed E-state index contributed by atoms with van der Waals surface area (Å²) in [6, 6.07) is 6.50. The van der Waals surface area contributed by atoms with Crippen molar-refractivity contribution >= 4 is 11.3 Å². The molecule has 29 heavy (non-hydrogen) atoms. The molecule has 2 aliphatic rings. The predicted octanol–water partition coefficient (Wildman–Crippen LogP) is 5.43. The number of methoxy groups -OCH3 is 1. The van der Waals surface area contributed by atoms with Gasteiger partial charge in [0.2, 0.25) is 0 Å². The summed E-state index contributed by atoms with van der Waals surface area (Å²) < 4.78 is 43.2. The first-order chi connectivity index (χ1) is 13.9. The monoisotopic (exact) mass is 405 g/mol. The van der Waals surface area contributed by atoms with Crippen LogP contribution in [0.2, 0.25) is 0 Å². The topological polar surface area (TPSA) is 38.2 Å². The Hall–Kier alpha value is -2.57. The van der Waals surface area contributed by atoms with Crippen molar-refractivity contribution in [3.63, 3.8) is 0 Å². The zero-order chi connectivity index (χ0) is 21.1. The molecule has 3 heterocycles. The van der Waals surface area contributed by atoms with Gasteiger partial charge in [-0.15, -0.1) is 0 Å². The van der Waals surface area contributed by atoms with Crippen molar-refractivity contribution in [2.45, 2.75) is 32.9 Å². The Morgan fingerprint density at radius 2 is 1.90 bits per heavy atom. The van der Waals surface area contributed by atoms with E-state index >= 15 is 0 Å². The van der Waals surface area contributed by atoms with Gasteiger partial charge in [-0.25, -0.2) is 4.98 Å². The van der Waals surface area contributed by atoms with Crippen LogP contribution in [0.25, 0.3) is 5.57 Å². The van der Waals surface area contributed by atoms with E-state index in [4.69, 9.17) is 4.74 Å². The quantitative estimate of drug-likeness (QED) is 0.636. The SMILES string of the molecule is CC.CO/C=C(/c1cccnc1)C1CC2(C1)CN(c1ccc(C(F)(F)F)nc1)C2. The third-order valence-electron chi connectivity index (χ3n) is 5.49. The summed E-state index contributed by atoms with van der Waals surface area (Å²) in [6.45, 7) is 5.70. The number of hydrogen-bond donors (Lipinski definition) is 0. The number of nitrogens with zero attached hydrogens (tertiary/aromatic N) is 3. The molecule has 1 aliphatic carbocycles. The molecule has 1 aliphatic heterocycles. The number of aromatic nitrogens is 2. The molecule has 0 N–H and O–H groups in total. The number of halogens is 3. The maximum atomic E-state index is 12.6. The van der Waals surface area contributed by atoms with E-state index in [0.717, 1.165) is 48.8 Å². The molecule has 1 spiro atoms. The molecule has 156 valence electrons. The smallest absolute Gasteiger partial charge is 0.433 e. The van der Waals surface area contributed by atoms with E-state index in [9.17, 15) is 13.2 Å². The summed E-state index contributed by atoms with van der Waals surface area (Å²) in [5.74, 6) is 0.419. The van der Waals surface area contributed by atoms with Crippen LogP contribution in [0.5, 0.6) is 0 Å². The van der Waals surface area contributed by atoms with Gasteiger partial charge in [-0.1, -0.05) is 19.9 Å². The van der Waals surface area contributed by atoms with Crippen LogP contribution in [-0.2, 0) is 10.9 Å². The maximum absolute atomic E-state index is 12.6. The summed E-state index contributed by atoms with van der Waals surface area (Å²) in [7, 11) is 1.65. The van der Waals surface area contributed by atoms with E-state index in [-0.39, 0.29) is 5.41 Å². The lowest BCUT2D eigenvalue weighted by molar-refractivity contribution is -0.141. The van der Waals surface area contributed by atoms with E-state index in [1.807, 2.05) is 32.2 Å². The van der Waals surface area contributed by atoms with Crippen molar-refractivity contribution in [2.24, 2.45) is 11.3 Å². The Morgan fingerprint density at radius 1 is 1.17 bits per heavy atom. The Morgan fingerprint density at radius 3 is 2.41 bits per heavy atom. The number of rotatable bonds is 4. The second kappa shape index (κ2) is 8.43. The third-order valence-corrected chi connectivity index (χ3v) is 5.49. The summed E-state index contributed by atoms with van der Waals surface area (Å²) in [4.78, 5) is 9.83. The standard InChI is InChI=1S/C20H20F3N3O.C2H6/c1-27-11-17(14-3-2-6-24-9-14)15-7-19(8-15)12-26(13-19)16-4-5-18(25-10-16)20(21,22)23;1-2/h2-6,9-11,15H,7-8,12-13H2,1H3;1-2H3/b17-11-;. The second-order valence-electron chi connectivity index (χ2n) is 7.41. The van der Waals surface area contributed by atoms with Gasteiger partial charge in [0.05, 0.1) is 25.3 Å². The molecule has 2 fully saturated rings. The molecule has 1 saturated carbocycles. The van der Waals surface area contributed by atoms with Crippen LogP contribution < -0.4 is 4.90 Å². The number of ether oxygens (including phenoxy) is 1. The van der Waals surface area contributed by atoms with Crippen molar-refractivity contribution in [3.8, 4) is 0 Å². The van der Waals surface area contributed by atoms with Crippen LogP contribution in [0.1, 0.15) is 37.9 Å². The molecule has 0 atom stereocenters. The van der Waals surface area contributed by atoms with Crippen LogP contribution in [0, 0.1) is 11.3 Å². The van der Waals surface area contributed by atoms with Crippen LogP contribution in [0.4, 0.5) is 18.9 Å². The number of anilines is 1. The number of allylic oxidation sites excluding steroid dienone is 1. The first-order valence-corrected chi connectivity index (χ1v) is 9.82. The van der Waals surface area contributed by atoms with Gasteiger partial charge in [-0.3, -0.25) is 4.98 Å². The van der Waals surface area contributed by atoms with Gasteiger partial charge in [0.15, 0.2) is 0 Å². The van der Waals surface area contributed by atoms with Crippen LogP contribution >= 0.6 is 0 Å². The average Bonchev–Trinajstić information content (AvgIpc) is 2.67. The highest BCUT2D eigenvalue weighted by Gasteiger charge is 2.53. The highest BCUT2D eigenvalue weighted by Crippen LogP contribution is 2.56. The Bertz CT molecular complexity index is 821. The van der Waals surface area contributed by atoms with E-state index in [1.165, 1.54) is 12.3 Å². The van der Waals surface area contributed by atoms with Crippen LogP contribution in [-0.4, -0.2) is 30.2 Å². The van der Waals surface area contributed by atoms with Crippen molar-refractivity contribution in [1.82, 2.24) is 9.97 Å². The highest BCUT2D eigenvalue weighted by atomic mass is 19.4. The second-order valence-corrected chi connectivity index (χ2v) is 7.41. The van der Waals surface area contributed by atoms with Gasteiger partial charge >= 0.3 is 6.18 Å². The molecule has 0 amide bonds. The fourth-order valence-electron chi connectivity index (χ4n) is 4.21. The number of hydrogen-bond acceptors (Lipinski definition) is 4. The van der Waals surface area contributed by atoms with Crippen molar-refractivity contribution in [1.29, 1.82) is 0 Å². The minimum absolute atomic E-state index is 0.238. The fourth-order valence-corrected chi connectivity index (χ4v) is 4.21. The Balaban J connectivity index is 0.00000117. The van der Waals surface area contributed by atoms with Gasteiger partial charge in [0.25, 0.3) is 0 Å². The molecule has 4 rings (SSSR count). The molecule has 2 aromatic heterocycles. The summed E-state index contributed by atoms with van der Waals surface area (Å²) >= 11 is 0. The van der Waals surface area contributed by atoms with Gasteiger partial charge in [-0.05, 0) is 48.1 Å². The molecule has 2 aromatic rings. The first kappa shape index (κ1) is 21.1. The molecule has 1 saturated heterocycles. The largest absolute Gasteiger partial charge is 0.504 e. The van der Waals surface area contributed by atoms with E-state index in [2.05, 4.69) is 14.9 Å². The minimum Gasteiger partial charge on any atom is -0.504 e. The fraction of sp³-hybridized carbons (Fsp3) is 0.455. The minimum atomic E-state index is -4.40. The highest BCUT2D eigenvalue weighted by molar-refractivity contribution is 5.67. The van der Waals surface area contributed by atoms with Gasteiger partial charge in [0.1, 0.15) is 5.69 Å². The van der Waals surface area contributed by atoms with Crippen LogP contribution in [0.15, 0.2) is 49.1 Å². The number of alkyl halides is 3. The average molecular weight is 405 g/mol. The normalized spacial score (nSPS) is 18.4. The molecule has 0 unspecified atom stereocenters. The lowest BCUT2D eigenvalue weighted by Gasteiger charge is -2.60. The zero-order valence-corrected chi connectivity index (χ0v) is 16.9. The number of pyridine rings is 2. The molecule has 0 radical (unpaired) electrons. The van der Waals surface area contributed by atoms with Gasteiger partial charge in [0, 0.05) is 30.9 Å². The molecular formula is C22H26F3N3O.